The summed E-state index contributed by atoms with van der Waals surface area (Å²) in [6.07, 6.45) is 4.94. The van der Waals surface area contributed by atoms with Crippen LogP contribution < -0.4 is 5.32 Å². The highest BCUT2D eigenvalue weighted by atomic mass is 35.5. The van der Waals surface area contributed by atoms with Crippen LogP contribution in [0.25, 0.3) is 5.69 Å². The van der Waals surface area contributed by atoms with Gasteiger partial charge in [-0.1, -0.05) is 18.0 Å². The van der Waals surface area contributed by atoms with Crippen molar-refractivity contribution < 1.29 is 14.4 Å². The second-order valence-electron chi connectivity index (χ2n) is 8.94. The van der Waals surface area contributed by atoms with Crippen LogP contribution in [0.15, 0.2) is 24.3 Å². The van der Waals surface area contributed by atoms with Gasteiger partial charge in [0.05, 0.1) is 5.69 Å². The highest BCUT2D eigenvalue weighted by Crippen LogP contribution is 2.28. The average molecular weight is 472 g/mol. The fourth-order valence-electron chi connectivity index (χ4n) is 4.47. The third-order valence-corrected chi connectivity index (χ3v) is 6.42. The minimum absolute atomic E-state index is 0.102. The van der Waals surface area contributed by atoms with Crippen molar-refractivity contribution in [2.24, 2.45) is 0 Å². The van der Waals surface area contributed by atoms with E-state index in [1.807, 2.05) is 42.8 Å². The van der Waals surface area contributed by atoms with Crippen molar-refractivity contribution >= 4 is 29.3 Å². The van der Waals surface area contributed by atoms with Gasteiger partial charge in [0.1, 0.15) is 0 Å². The number of nitrogens with one attached hydrogen (secondary N) is 1. The van der Waals surface area contributed by atoms with Crippen molar-refractivity contribution in [3.05, 3.63) is 46.2 Å². The van der Waals surface area contributed by atoms with E-state index in [0.717, 1.165) is 49.0 Å². The summed E-state index contributed by atoms with van der Waals surface area (Å²) in [6.45, 7) is 5.04. The summed E-state index contributed by atoms with van der Waals surface area (Å²) in [6, 6.07) is 7.39. The van der Waals surface area contributed by atoms with Gasteiger partial charge >= 0.3 is 11.8 Å². The number of piperazine rings is 1. The number of benzene rings is 1. The molecule has 1 aliphatic carbocycles. The molecule has 2 aliphatic rings. The van der Waals surface area contributed by atoms with Crippen LogP contribution in [-0.4, -0.2) is 69.5 Å². The molecule has 1 N–H and O–H groups in total. The molecule has 2 heterocycles. The molecule has 0 spiro atoms. The number of fused-ring (bicyclic) bond motifs is 1. The van der Waals surface area contributed by atoms with E-state index in [9.17, 15) is 14.4 Å². The van der Waals surface area contributed by atoms with E-state index in [4.69, 9.17) is 16.7 Å². The molecule has 1 aromatic heterocycles. The minimum atomic E-state index is -0.600. The maximum atomic E-state index is 13.5. The maximum Gasteiger partial charge on any atom is 0.312 e. The molecule has 176 valence electrons. The van der Waals surface area contributed by atoms with Gasteiger partial charge in [0.15, 0.2) is 5.69 Å². The predicted molar refractivity (Wildman–Crippen MR) is 126 cm³/mol. The summed E-state index contributed by atoms with van der Waals surface area (Å²) < 4.78 is 1.89. The molecule has 1 fully saturated rings. The van der Waals surface area contributed by atoms with Crippen molar-refractivity contribution in [3.63, 3.8) is 0 Å². The largest absolute Gasteiger partial charge is 0.346 e. The fourth-order valence-corrected chi connectivity index (χ4v) is 4.60. The van der Waals surface area contributed by atoms with Gasteiger partial charge in [0.25, 0.3) is 5.91 Å². The van der Waals surface area contributed by atoms with E-state index in [0.29, 0.717) is 36.9 Å². The van der Waals surface area contributed by atoms with Gasteiger partial charge in [-0.3, -0.25) is 14.4 Å². The lowest BCUT2D eigenvalue weighted by atomic mass is 10.1. The van der Waals surface area contributed by atoms with Gasteiger partial charge in [-0.05, 0) is 63.8 Å². The van der Waals surface area contributed by atoms with Gasteiger partial charge in [0.2, 0.25) is 0 Å². The zero-order valence-corrected chi connectivity index (χ0v) is 19.9. The van der Waals surface area contributed by atoms with Crippen LogP contribution in [0.4, 0.5) is 0 Å². The number of carbonyl (C=O) groups excluding carboxylic acids is 3. The molecule has 3 amide bonds. The molecule has 0 saturated carbocycles. The van der Waals surface area contributed by atoms with Gasteiger partial charge < -0.3 is 15.1 Å². The van der Waals surface area contributed by atoms with Crippen molar-refractivity contribution in [2.75, 3.05) is 26.2 Å². The van der Waals surface area contributed by atoms with Crippen molar-refractivity contribution in [2.45, 2.75) is 52.0 Å². The number of carbonyl (C=O) groups is 3. The first-order valence-electron chi connectivity index (χ1n) is 11.6. The molecule has 4 rings (SSSR count). The Morgan fingerprint density at radius 3 is 2.24 bits per heavy atom. The summed E-state index contributed by atoms with van der Waals surface area (Å²) in [5, 5.41) is 8.05. The maximum absolute atomic E-state index is 13.5. The molecule has 1 saturated heterocycles. The summed E-state index contributed by atoms with van der Waals surface area (Å²) in [5.74, 6) is -1.26. The third kappa shape index (κ3) is 5.05. The zero-order chi connectivity index (χ0) is 23.5. The van der Waals surface area contributed by atoms with E-state index in [1.165, 1.54) is 4.90 Å². The second kappa shape index (κ2) is 9.95. The van der Waals surface area contributed by atoms with E-state index in [1.54, 1.807) is 4.90 Å². The first-order chi connectivity index (χ1) is 15.8. The first kappa shape index (κ1) is 23.3. The predicted octanol–water partition coefficient (Wildman–Crippen LogP) is 2.60. The average Bonchev–Trinajstić information content (AvgIpc) is 2.99. The third-order valence-electron chi connectivity index (χ3n) is 6.17. The van der Waals surface area contributed by atoms with Crippen LogP contribution in [-0.2, 0) is 22.4 Å². The van der Waals surface area contributed by atoms with Crippen LogP contribution in [0.1, 0.15) is 54.9 Å². The van der Waals surface area contributed by atoms with Crippen LogP contribution in [0, 0.1) is 0 Å². The van der Waals surface area contributed by atoms with Gasteiger partial charge in [0, 0.05) is 48.5 Å². The van der Waals surface area contributed by atoms with E-state index >= 15 is 0 Å². The SMILES string of the molecule is CC(C)NC(=O)C(=O)N1CCN(C(=O)c2nn(-c3ccc(Cl)cc3)c3c2CCCCC3)CC1. The van der Waals surface area contributed by atoms with Crippen molar-refractivity contribution in [1.82, 2.24) is 24.9 Å². The molecule has 0 bridgehead atoms. The number of rotatable bonds is 3. The molecule has 33 heavy (non-hydrogen) atoms. The van der Waals surface area contributed by atoms with Crippen molar-refractivity contribution in [3.8, 4) is 5.69 Å². The molecular weight excluding hydrogens is 442 g/mol. The molecular formula is C24H30ClN5O3. The van der Waals surface area contributed by atoms with Gasteiger partial charge in [-0.2, -0.15) is 5.10 Å². The Kier molecular flexibility index (Phi) is 7.02. The lowest BCUT2D eigenvalue weighted by molar-refractivity contribution is -0.147. The molecule has 1 aromatic carbocycles. The topological polar surface area (TPSA) is 87.5 Å². The normalized spacial score (nSPS) is 16.4. The lowest BCUT2D eigenvalue weighted by Gasteiger charge is -2.34. The van der Waals surface area contributed by atoms with Crippen LogP contribution in [0.2, 0.25) is 5.02 Å². The summed E-state index contributed by atoms with van der Waals surface area (Å²) in [4.78, 5) is 41.1. The fraction of sp³-hybridized carbons (Fsp3) is 0.500. The number of halogens is 1. The van der Waals surface area contributed by atoms with Crippen LogP contribution >= 0.6 is 11.6 Å². The molecule has 9 heteroatoms. The summed E-state index contributed by atoms with van der Waals surface area (Å²) in [7, 11) is 0. The number of hydrogen-bond acceptors (Lipinski definition) is 4. The Bertz CT molecular complexity index is 1040. The second-order valence-corrected chi connectivity index (χ2v) is 9.37. The quantitative estimate of drug-likeness (QED) is 0.550. The Balaban J connectivity index is 1.52. The first-order valence-corrected chi connectivity index (χ1v) is 12.0. The standard InChI is InChI=1S/C24H30ClN5O3/c1-16(2)26-22(31)24(33)29-14-12-28(13-15-29)23(32)21-19-6-4-3-5-7-20(19)30(27-21)18-10-8-17(25)9-11-18/h8-11,16H,3-7,12-15H2,1-2H3,(H,26,31). The van der Waals surface area contributed by atoms with Crippen LogP contribution in [0.5, 0.6) is 0 Å². The summed E-state index contributed by atoms with van der Waals surface area (Å²) >= 11 is 6.06. The van der Waals surface area contributed by atoms with E-state index < -0.39 is 11.8 Å². The Hall–Kier alpha value is -2.87. The number of hydrogen-bond donors (Lipinski definition) is 1. The highest BCUT2D eigenvalue weighted by molar-refractivity contribution is 6.35. The van der Waals surface area contributed by atoms with E-state index in [2.05, 4.69) is 5.32 Å². The number of nitrogens with zero attached hydrogens (tertiary/aromatic N) is 4. The van der Waals surface area contributed by atoms with E-state index in [-0.39, 0.29) is 11.9 Å². The molecule has 2 aromatic rings. The van der Waals surface area contributed by atoms with Crippen molar-refractivity contribution in [1.29, 1.82) is 0 Å². The van der Waals surface area contributed by atoms with Gasteiger partial charge in [-0.25, -0.2) is 4.68 Å². The molecule has 8 nitrogen and oxygen atoms in total. The number of aromatic nitrogens is 2. The van der Waals surface area contributed by atoms with Gasteiger partial charge in [-0.15, -0.1) is 0 Å². The number of amides is 3. The molecule has 1 aliphatic heterocycles. The highest BCUT2D eigenvalue weighted by Gasteiger charge is 2.32. The molecule has 0 unspecified atom stereocenters. The Morgan fingerprint density at radius 1 is 0.939 bits per heavy atom. The molecule has 0 atom stereocenters. The molecule has 0 radical (unpaired) electrons. The lowest BCUT2D eigenvalue weighted by Crippen LogP contribution is -2.54. The monoisotopic (exact) mass is 471 g/mol. The summed E-state index contributed by atoms with van der Waals surface area (Å²) in [5.41, 5.74) is 3.52. The Morgan fingerprint density at radius 2 is 1.58 bits per heavy atom. The Labute approximate surface area is 198 Å². The zero-order valence-electron chi connectivity index (χ0n) is 19.1. The minimum Gasteiger partial charge on any atom is -0.346 e. The van der Waals surface area contributed by atoms with Crippen LogP contribution in [0.3, 0.4) is 0 Å². The smallest absolute Gasteiger partial charge is 0.312 e.